The number of morpholine rings is 1. The fraction of sp³-hybridized carbons (Fsp3) is 0.545. The van der Waals surface area contributed by atoms with Gasteiger partial charge in [-0.05, 0) is 12.1 Å². The molecule has 0 bridgehead atoms. The molecular formula is C11H17N3O2. The van der Waals surface area contributed by atoms with Gasteiger partial charge in [0.25, 0.3) is 0 Å². The Labute approximate surface area is 94.6 Å². The summed E-state index contributed by atoms with van der Waals surface area (Å²) in [5.41, 5.74) is 1.02. The van der Waals surface area contributed by atoms with Crippen molar-refractivity contribution in [3.05, 3.63) is 24.0 Å². The first-order chi connectivity index (χ1) is 7.84. The maximum absolute atomic E-state index is 11.6. The SMILES string of the molecule is O=C(CC1COCCN1)NCc1ccc[nH]1. The second-order valence-electron chi connectivity index (χ2n) is 3.90. The maximum Gasteiger partial charge on any atom is 0.221 e. The summed E-state index contributed by atoms with van der Waals surface area (Å²) >= 11 is 0. The van der Waals surface area contributed by atoms with Gasteiger partial charge in [-0.2, -0.15) is 0 Å². The van der Waals surface area contributed by atoms with E-state index in [2.05, 4.69) is 15.6 Å². The topological polar surface area (TPSA) is 66.2 Å². The van der Waals surface area contributed by atoms with Crippen molar-refractivity contribution >= 4 is 5.91 Å². The highest BCUT2D eigenvalue weighted by Gasteiger charge is 2.16. The van der Waals surface area contributed by atoms with Crippen LogP contribution in [0.3, 0.4) is 0 Å². The van der Waals surface area contributed by atoms with Gasteiger partial charge in [-0.3, -0.25) is 4.79 Å². The van der Waals surface area contributed by atoms with Gasteiger partial charge in [-0.1, -0.05) is 0 Å². The zero-order chi connectivity index (χ0) is 11.2. The van der Waals surface area contributed by atoms with E-state index in [-0.39, 0.29) is 11.9 Å². The molecule has 1 atom stereocenters. The lowest BCUT2D eigenvalue weighted by Gasteiger charge is -2.23. The molecule has 1 fully saturated rings. The lowest BCUT2D eigenvalue weighted by atomic mass is 10.2. The average Bonchev–Trinajstić information content (AvgIpc) is 2.81. The van der Waals surface area contributed by atoms with Crippen LogP contribution < -0.4 is 10.6 Å². The van der Waals surface area contributed by atoms with Gasteiger partial charge in [0.1, 0.15) is 0 Å². The first kappa shape index (κ1) is 11.2. The fourth-order valence-corrected chi connectivity index (χ4v) is 1.72. The Bertz CT molecular complexity index is 318. The molecule has 2 rings (SSSR count). The van der Waals surface area contributed by atoms with Crippen molar-refractivity contribution in [2.24, 2.45) is 0 Å². The molecule has 1 aliphatic heterocycles. The van der Waals surface area contributed by atoms with Crippen LogP contribution in [0.2, 0.25) is 0 Å². The van der Waals surface area contributed by atoms with E-state index in [4.69, 9.17) is 4.74 Å². The minimum atomic E-state index is 0.0533. The van der Waals surface area contributed by atoms with Crippen molar-refractivity contribution in [2.45, 2.75) is 19.0 Å². The number of nitrogens with one attached hydrogen (secondary N) is 3. The number of ether oxygens (including phenoxy) is 1. The second-order valence-corrected chi connectivity index (χ2v) is 3.90. The van der Waals surface area contributed by atoms with Crippen molar-refractivity contribution in [3.63, 3.8) is 0 Å². The number of aromatic amines is 1. The highest BCUT2D eigenvalue weighted by molar-refractivity contribution is 5.76. The van der Waals surface area contributed by atoms with E-state index >= 15 is 0 Å². The number of carbonyl (C=O) groups excluding carboxylic acids is 1. The Hall–Kier alpha value is -1.33. The molecule has 0 aromatic carbocycles. The number of hydrogen-bond acceptors (Lipinski definition) is 3. The number of rotatable bonds is 4. The standard InChI is InChI=1S/C11H17N3O2/c15-11(6-10-8-16-5-4-13-10)14-7-9-2-1-3-12-9/h1-3,10,12-13H,4-8H2,(H,14,15). The van der Waals surface area contributed by atoms with Crippen molar-refractivity contribution in [2.75, 3.05) is 19.8 Å². The normalized spacial score (nSPS) is 20.6. The first-order valence-electron chi connectivity index (χ1n) is 5.54. The van der Waals surface area contributed by atoms with Gasteiger partial charge in [-0.15, -0.1) is 0 Å². The number of aromatic nitrogens is 1. The van der Waals surface area contributed by atoms with Gasteiger partial charge in [0.05, 0.1) is 19.8 Å². The Morgan fingerprint density at radius 1 is 1.62 bits per heavy atom. The van der Waals surface area contributed by atoms with Crippen LogP contribution in [0.25, 0.3) is 0 Å². The van der Waals surface area contributed by atoms with E-state index in [9.17, 15) is 4.79 Å². The molecule has 16 heavy (non-hydrogen) atoms. The summed E-state index contributed by atoms with van der Waals surface area (Å²) in [6.45, 7) is 2.74. The summed E-state index contributed by atoms with van der Waals surface area (Å²) in [6, 6.07) is 4.01. The van der Waals surface area contributed by atoms with Gasteiger partial charge in [0.2, 0.25) is 5.91 Å². The molecule has 0 spiro atoms. The van der Waals surface area contributed by atoms with Crippen LogP contribution in [0.4, 0.5) is 0 Å². The molecule has 1 unspecified atom stereocenters. The molecule has 1 saturated heterocycles. The average molecular weight is 223 g/mol. The number of H-pyrrole nitrogens is 1. The lowest BCUT2D eigenvalue weighted by Crippen LogP contribution is -2.44. The summed E-state index contributed by atoms with van der Waals surface area (Å²) in [7, 11) is 0. The number of amides is 1. The van der Waals surface area contributed by atoms with E-state index in [0.29, 0.717) is 19.6 Å². The van der Waals surface area contributed by atoms with Gasteiger partial charge >= 0.3 is 0 Å². The minimum Gasteiger partial charge on any atom is -0.378 e. The van der Waals surface area contributed by atoms with Crippen LogP contribution in [0.5, 0.6) is 0 Å². The molecule has 3 N–H and O–H groups in total. The van der Waals surface area contributed by atoms with Gasteiger partial charge in [0.15, 0.2) is 0 Å². The number of carbonyl (C=O) groups is 1. The predicted molar refractivity (Wildman–Crippen MR) is 59.9 cm³/mol. The van der Waals surface area contributed by atoms with E-state index in [1.165, 1.54) is 0 Å². The summed E-state index contributed by atoms with van der Waals surface area (Å²) in [4.78, 5) is 14.6. The molecule has 1 aromatic heterocycles. The van der Waals surface area contributed by atoms with Crippen LogP contribution >= 0.6 is 0 Å². The third kappa shape index (κ3) is 3.36. The molecule has 1 aromatic rings. The van der Waals surface area contributed by atoms with Crippen LogP contribution in [0.1, 0.15) is 12.1 Å². The van der Waals surface area contributed by atoms with E-state index in [1.807, 2.05) is 18.3 Å². The molecule has 1 amide bonds. The monoisotopic (exact) mass is 223 g/mol. The Kier molecular flexibility index (Phi) is 3.96. The molecule has 2 heterocycles. The van der Waals surface area contributed by atoms with Crippen LogP contribution in [0.15, 0.2) is 18.3 Å². The predicted octanol–water partition coefficient (Wildman–Crippen LogP) is 0.00940. The van der Waals surface area contributed by atoms with Gasteiger partial charge < -0.3 is 20.4 Å². The summed E-state index contributed by atoms with van der Waals surface area (Å²) in [5.74, 6) is 0.0533. The van der Waals surface area contributed by atoms with Crippen molar-refractivity contribution in [1.82, 2.24) is 15.6 Å². The quantitative estimate of drug-likeness (QED) is 0.673. The van der Waals surface area contributed by atoms with Crippen molar-refractivity contribution in [1.29, 1.82) is 0 Å². The van der Waals surface area contributed by atoms with Gasteiger partial charge in [-0.25, -0.2) is 0 Å². The first-order valence-corrected chi connectivity index (χ1v) is 5.54. The molecule has 88 valence electrons. The Morgan fingerprint density at radius 3 is 3.25 bits per heavy atom. The third-order valence-corrected chi connectivity index (χ3v) is 2.57. The van der Waals surface area contributed by atoms with E-state index in [0.717, 1.165) is 18.8 Å². The zero-order valence-electron chi connectivity index (χ0n) is 9.16. The molecule has 0 saturated carbocycles. The molecule has 5 nitrogen and oxygen atoms in total. The highest BCUT2D eigenvalue weighted by atomic mass is 16.5. The second kappa shape index (κ2) is 5.67. The molecule has 1 aliphatic rings. The Balaban J connectivity index is 1.67. The summed E-state index contributed by atoms with van der Waals surface area (Å²) < 4.78 is 5.28. The smallest absolute Gasteiger partial charge is 0.221 e. The number of hydrogen-bond donors (Lipinski definition) is 3. The minimum absolute atomic E-state index is 0.0533. The summed E-state index contributed by atoms with van der Waals surface area (Å²) in [5, 5.41) is 6.12. The zero-order valence-corrected chi connectivity index (χ0v) is 9.16. The third-order valence-electron chi connectivity index (χ3n) is 2.57. The molecular weight excluding hydrogens is 206 g/mol. The lowest BCUT2D eigenvalue weighted by molar-refractivity contribution is -0.122. The van der Waals surface area contributed by atoms with Crippen molar-refractivity contribution in [3.8, 4) is 0 Å². The largest absolute Gasteiger partial charge is 0.378 e. The maximum atomic E-state index is 11.6. The van der Waals surface area contributed by atoms with Crippen LogP contribution in [0, 0.1) is 0 Å². The van der Waals surface area contributed by atoms with E-state index < -0.39 is 0 Å². The molecule has 0 radical (unpaired) electrons. The molecule has 0 aliphatic carbocycles. The van der Waals surface area contributed by atoms with Crippen LogP contribution in [-0.2, 0) is 16.1 Å². The Morgan fingerprint density at radius 2 is 2.56 bits per heavy atom. The van der Waals surface area contributed by atoms with Crippen LogP contribution in [-0.4, -0.2) is 36.7 Å². The molecule has 5 heteroatoms. The van der Waals surface area contributed by atoms with Gasteiger partial charge in [0, 0.05) is 30.9 Å². The fourth-order valence-electron chi connectivity index (χ4n) is 1.72. The van der Waals surface area contributed by atoms with E-state index in [1.54, 1.807) is 0 Å². The van der Waals surface area contributed by atoms with Crippen molar-refractivity contribution < 1.29 is 9.53 Å². The summed E-state index contributed by atoms with van der Waals surface area (Å²) in [6.07, 6.45) is 2.32. The highest BCUT2D eigenvalue weighted by Crippen LogP contribution is 1.99.